The Kier molecular flexibility index (Phi) is 2.72. The quantitative estimate of drug-likeness (QED) is 0.595. The largest absolute Gasteiger partial charge is 0.350 e. The second-order valence-electron chi connectivity index (χ2n) is 5.26. The fraction of sp³-hybridized carbons (Fsp3) is 0.0588. The predicted molar refractivity (Wildman–Crippen MR) is 87.0 cm³/mol. The van der Waals surface area contributed by atoms with Gasteiger partial charge < -0.3 is 14.9 Å². The van der Waals surface area contributed by atoms with E-state index < -0.39 is 0 Å². The molecular formula is C17H14N4O. The van der Waals surface area contributed by atoms with E-state index in [9.17, 15) is 4.79 Å². The highest BCUT2D eigenvalue weighted by Crippen LogP contribution is 2.21. The number of rotatable bonds is 2. The molecule has 5 nitrogen and oxygen atoms in total. The molecule has 2 aromatic carbocycles. The molecule has 2 heterocycles. The van der Waals surface area contributed by atoms with Crippen molar-refractivity contribution in [1.82, 2.24) is 14.5 Å². The SMILES string of the molecule is Cn1ccc2cccc(C(=O)Nc3ccc4nc[nH]c4c3)c21. The Hall–Kier alpha value is -3.08. The molecule has 0 saturated carbocycles. The molecular weight excluding hydrogens is 276 g/mol. The van der Waals surface area contributed by atoms with E-state index in [2.05, 4.69) is 15.3 Å². The number of hydrogen-bond donors (Lipinski definition) is 2. The zero-order valence-corrected chi connectivity index (χ0v) is 12.0. The molecule has 2 N–H and O–H groups in total. The van der Waals surface area contributed by atoms with Gasteiger partial charge in [-0.05, 0) is 30.3 Å². The van der Waals surface area contributed by atoms with Gasteiger partial charge in [-0.2, -0.15) is 0 Å². The minimum atomic E-state index is -0.119. The Labute approximate surface area is 126 Å². The number of nitrogens with zero attached hydrogens (tertiary/aromatic N) is 2. The molecule has 1 amide bonds. The molecule has 0 bridgehead atoms. The summed E-state index contributed by atoms with van der Waals surface area (Å²) in [6.07, 6.45) is 3.60. The Bertz CT molecular complexity index is 996. The van der Waals surface area contributed by atoms with Gasteiger partial charge in [-0.3, -0.25) is 4.79 Å². The number of aromatic amines is 1. The summed E-state index contributed by atoms with van der Waals surface area (Å²) in [5, 5.41) is 4.00. The molecule has 0 aliphatic heterocycles. The molecule has 0 radical (unpaired) electrons. The lowest BCUT2D eigenvalue weighted by Gasteiger charge is -2.08. The molecule has 108 valence electrons. The number of para-hydroxylation sites is 1. The molecule has 4 aromatic rings. The summed E-state index contributed by atoms with van der Waals surface area (Å²) in [5.74, 6) is -0.119. The summed E-state index contributed by atoms with van der Waals surface area (Å²) in [4.78, 5) is 19.8. The van der Waals surface area contributed by atoms with Crippen molar-refractivity contribution in [1.29, 1.82) is 0 Å². The van der Waals surface area contributed by atoms with E-state index in [1.54, 1.807) is 6.33 Å². The van der Waals surface area contributed by atoms with Crippen molar-refractivity contribution < 1.29 is 4.79 Å². The van der Waals surface area contributed by atoms with Gasteiger partial charge in [-0.25, -0.2) is 4.98 Å². The second-order valence-corrected chi connectivity index (χ2v) is 5.26. The van der Waals surface area contributed by atoms with Crippen LogP contribution in [0, 0.1) is 0 Å². The predicted octanol–water partition coefficient (Wildman–Crippen LogP) is 3.31. The third-order valence-electron chi connectivity index (χ3n) is 3.82. The van der Waals surface area contributed by atoms with Gasteiger partial charge in [0.2, 0.25) is 0 Å². The van der Waals surface area contributed by atoms with Crippen LogP contribution in [0.1, 0.15) is 10.4 Å². The summed E-state index contributed by atoms with van der Waals surface area (Å²) >= 11 is 0. The normalized spacial score (nSPS) is 11.1. The number of carbonyl (C=O) groups excluding carboxylic acids is 1. The van der Waals surface area contributed by atoms with Crippen molar-refractivity contribution in [2.24, 2.45) is 7.05 Å². The van der Waals surface area contributed by atoms with Crippen LogP contribution in [0.25, 0.3) is 21.9 Å². The van der Waals surface area contributed by atoms with Crippen LogP contribution in [-0.2, 0) is 7.05 Å². The number of fused-ring (bicyclic) bond motifs is 2. The van der Waals surface area contributed by atoms with E-state index >= 15 is 0 Å². The van der Waals surface area contributed by atoms with Gasteiger partial charge in [-0.15, -0.1) is 0 Å². The number of hydrogen-bond acceptors (Lipinski definition) is 2. The van der Waals surface area contributed by atoms with Crippen LogP contribution in [0.5, 0.6) is 0 Å². The van der Waals surface area contributed by atoms with Crippen LogP contribution < -0.4 is 5.32 Å². The standard InChI is InChI=1S/C17H14N4O/c1-21-8-7-11-3-2-4-13(16(11)21)17(22)20-12-5-6-14-15(9-12)19-10-18-14/h2-10H,1H3,(H,18,19)(H,20,22). The highest BCUT2D eigenvalue weighted by Gasteiger charge is 2.12. The lowest BCUT2D eigenvalue weighted by molar-refractivity contribution is 0.102. The number of H-pyrrole nitrogens is 1. The van der Waals surface area contributed by atoms with Gasteiger partial charge in [0.05, 0.1) is 28.4 Å². The second kappa shape index (κ2) is 4.73. The molecule has 0 aliphatic carbocycles. The van der Waals surface area contributed by atoms with Crippen LogP contribution in [0.3, 0.4) is 0 Å². The first-order valence-corrected chi connectivity index (χ1v) is 7.01. The summed E-state index contributed by atoms with van der Waals surface area (Å²) in [7, 11) is 1.94. The number of aryl methyl sites for hydroxylation is 1. The minimum absolute atomic E-state index is 0.119. The maximum Gasteiger partial charge on any atom is 0.257 e. The Balaban J connectivity index is 1.72. The van der Waals surface area contributed by atoms with E-state index in [0.717, 1.165) is 27.6 Å². The maximum atomic E-state index is 12.6. The average Bonchev–Trinajstić information content (AvgIpc) is 3.13. The summed E-state index contributed by atoms with van der Waals surface area (Å²) in [5.41, 5.74) is 4.11. The smallest absolute Gasteiger partial charge is 0.257 e. The van der Waals surface area contributed by atoms with E-state index in [4.69, 9.17) is 0 Å². The number of carbonyl (C=O) groups is 1. The molecule has 22 heavy (non-hydrogen) atoms. The lowest BCUT2D eigenvalue weighted by Crippen LogP contribution is -2.13. The van der Waals surface area contributed by atoms with Crippen molar-refractivity contribution in [3.05, 3.63) is 60.6 Å². The molecule has 0 aliphatic rings. The van der Waals surface area contributed by atoms with E-state index in [1.165, 1.54) is 0 Å². The van der Waals surface area contributed by atoms with Crippen molar-refractivity contribution in [3.8, 4) is 0 Å². The molecule has 4 rings (SSSR count). The van der Waals surface area contributed by atoms with Crippen LogP contribution in [0.2, 0.25) is 0 Å². The monoisotopic (exact) mass is 290 g/mol. The van der Waals surface area contributed by atoms with Crippen LogP contribution >= 0.6 is 0 Å². The zero-order chi connectivity index (χ0) is 15.1. The van der Waals surface area contributed by atoms with Gasteiger partial charge in [0.15, 0.2) is 0 Å². The number of imidazole rings is 1. The molecule has 0 spiro atoms. The highest BCUT2D eigenvalue weighted by atomic mass is 16.1. The van der Waals surface area contributed by atoms with Crippen molar-refractivity contribution >= 4 is 33.5 Å². The van der Waals surface area contributed by atoms with Gasteiger partial charge >= 0.3 is 0 Å². The van der Waals surface area contributed by atoms with Crippen LogP contribution in [-0.4, -0.2) is 20.4 Å². The fourth-order valence-electron chi connectivity index (χ4n) is 2.75. The number of aromatic nitrogens is 3. The highest BCUT2D eigenvalue weighted by molar-refractivity contribution is 6.12. The van der Waals surface area contributed by atoms with Gasteiger partial charge in [0, 0.05) is 24.3 Å². The first-order valence-electron chi connectivity index (χ1n) is 7.01. The Morgan fingerprint density at radius 3 is 3.05 bits per heavy atom. The zero-order valence-electron chi connectivity index (χ0n) is 12.0. The summed E-state index contributed by atoms with van der Waals surface area (Å²) in [6, 6.07) is 13.4. The van der Waals surface area contributed by atoms with Crippen molar-refractivity contribution in [2.75, 3.05) is 5.32 Å². The van der Waals surface area contributed by atoms with Crippen LogP contribution in [0.4, 0.5) is 5.69 Å². The topological polar surface area (TPSA) is 62.7 Å². The number of benzene rings is 2. The fourth-order valence-corrected chi connectivity index (χ4v) is 2.75. The lowest BCUT2D eigenvalue weighted by atomic mass is 10.1. The third-order valence-corrected chi connectivity index (χ3v) is 3.82. The van der Waals surface area contributed by atoms with Gasteiger partial charge in [0.25, 0.3) is 5.91 Å². The maximum absolute atomic E-state index is 12.6. The molecule has 0 unspecified atom stereocenters. The average molecular weight is 290 g/mol. The number of anilines is 1. The van der Waals surface area contributed by atoms with Gasteiger partial charge in [-0.1, -0.05) is 12.1 Å². The van der Waals surface area contributed by atoms with Crippen molar-refractivity contribution in [3.63, 3.8) is 0 Å². The minimum Gasteiger partial charge on any atom is -0.350 e. The van der Waals surface area contributed by atoms with E-state index in [-0.39, 0.29) is 5.91 Å². The van der Waals surface area contributed by atoms with E-state index in [0.29, 0.717) is 5.56 Å². The molecule has 2 aromatic heterocycles. The van der Waals surface area contributed by atoms with E-state index in [1.807, 2.05) is 60.3 Å². The number of amides is 1. The Morgan fingerprint density at radius 1 is 1.23 bits per heavy atom. The summed E-state index contributed by atoms with van der Waals surface area (Å²) in [6.45, 7) is 0. The van der Waals surface area contributed by atoms with Crippen molar-refractivity contribution in [2.45, 2.75) is 0 Å². The number of nitrogens with one attached hydrogen (secondary N) is 2. The first kappa shape index (κ1) is 12.6. The van der Waals surface area contributed by atoms with Gasteiger partial charge in [0.1, 0.15) is 0 Å². The first-order chi connectivity index (χ1) is 10.7. The molecule has 5 heteroatoms. The Morgan fingerprint density at radius 2 is 2.14 bits per heavy atom. The van der Waals surface area contributed by atoms with Crippen LogP contribution in [0.15, 0.2) is 55.0 Å². The summed E-state index contributed by atoms with van der Waals surface area (Å²) < 4.78 is 1.96. The molecule has 0 atom stereocenters. The molecule has 0 saturated heterocycles. The molecule has 0 fully saturated rings. The third kappa shape index (κ3) is 1.95.